The van der Waals surface area contributed by atoms with E-state index in [2.05, 4.69) is 31.2 Å². The minimum absolute atomic E-state index is 0.422. The second-order valence-corrected chi connectivity index (χ2v) is 4.62. The third kappa shape index (κ3) is 1.50. The van der Waals surface area contributed by atoms with Crippen LogP contribution in [0.1, 0.15) is 47.6 Å². The van der Waals surface area contributed by atoms with Crippen molar-refractivity contribution in [2.24, 2.45) is 0 Å². The molecule has 0 radical (unpaired) electrons. The van der Waals surface area contributed by atoms with E-state index in [4.69, 9.17) is 0 Å². The summed E-state index contributed by atoms with van der Waals surface area (Å²) in [6.45, 7) is 2.20. The fourth-order valence-corrected chi connectivity index (χ4v) is 2.93. The predicted molar refractivity (Wildman–Crippen MR) is 69.1 cm³/mol. The largest absolute Gasteiger partial charge is 0.384 e. The van der Waals surface area contributed by atoms with E-state index >= 15 is 0 Å². The summed E-state index contributed by atoms with van der Waals surface area (Å²) < 4.78 is 0. The average molecular weight is 224 g/mol. The molecule has 0 saturated carbocycles. The Morgan fingerprint density at radius 2 is 1.24 bits per heavy atom. The van der Waals surface area contributed by atoms with Crippen LogP contribution in [0.25, 0.3) is 0 Å². The van der Waals surface area contributed by atoms with Gasteiger partial charge in [-0.05, 0) is 28.7 Å². The zero-order valence-corrected chi connectivity index (χ0v) is 9.93. The molecule has 2 aromatic rings. The predicted octanol–water partition coefficient (Wildman–Crippen LogP) is 3.62. The van der Waals surface area contributed by atoms with Gasteiger partial charge < -0.3 is 5.11 Å². The van der Waals surface area contributed by atoms with E-state index in [1.165, 1.54) is 11.1 Å². The van der Waals surface area contributed by atoms with E-state index in [0.717, 1.165) is 17.5 Å². The molecular weight excluding hydrogens is 208 g/mol. The zero-order chi connectivity index (χ0) is 11.8. The SMILES string of the molecule is CCC1c2ccccc2C(O)c2ccccc21. The molecule has 1 aliphatic carbocycles. The lowest BCUT2D eigenvalue weighted by molar-refractivity contribution is 0.213. The van der Waals surface area contributed by atoms with Crippen molar-refractivity contribution in [3.05, 3.63) is 70.8 Å². The number of benzene rings is 2. The summed E-state index contributed by atoms with van der Waals surface area (Å²) in [5.41, 5.74) is 4.69. The second kappa shape index (κ2) is 4.01. The van der Waals surface area contributed by atoms with E-state index in [1.807, 2.05) is 24.3 Å². The van der Waals surface area contributed by atoms with Crippen LogP contribution in [0.2, 0.25) is 0 Å². The highest BCUT2D eigenvalue weighted by Crippen LogP contribution is 2.43. The third-order valence-electron chi connectivity index (χ3n) is 3.74. The van der Waals surface area contributed by atoms with Gasteiger partial charge in [-0.2, -0.15) is 0 Å². The Kier molecular flexibility index (Phi) is 2.49. The maximum Gasteiger partial charge on any atom is 0.105 e. The monoisotopic (exact) mass is 224 g/mol. The molecule has 0 unspecified atom stereocenters. The molecule has 86 valence electrons. The fraction of sp³-hybridized carbons (Fsp3) is 0.250. The van der Waals surface area contributed by atoms with Gasteiger partial charge in [0.05, 0.1) is 0 Å². The van der Waals surface area contributed by atoms with Crippen LogP contribution in [0.3, 0.4) is 0 Å². The van der Waals surface area contributed by atoms with Crippen LogP contribution in [-0.2, 0) is 0 Å². The summed E-state index contributed by atoms with van der Waals surface area (Å²) in [4.78, 5) is 0. The third-order valence-corrected chi connectivity index (χ3v) is 3.74. The lowest BCUT2D eigenvalue weighted by atomic mass is 9.75. The molecule has 2 aromatic carbocycles. The Balaban J connectivity index is 2.25. The standard InChI is InChI=1S/C16H16O/c1-2-11-12-7-3-5-9-14(12)16(17)15-10-6-4-8-13(11)15/h3-11,16-17H,2H2,1H3. The minimum Gasteiger partial charge on any atom is -0.384 e. The Morgan fingerprint density at radius 3 is 1.65 bits per heavy atom. The number of hydrogen-bond donors (Lipinski definition) is 1. The molecule has 0 fully saturated rings. The highest BCUT2D eigenvalue weighted by atomic mass is 16.3. The van der Waals surface area contributed by atoms with Crippen LogP contribution < -0.4 is 0 Å². The van der Waals surface area contributed by atoms with Crippen molar-refractivity contribution in [2.45, 2.75) is 25.4 Å². The van der Waals surface area contributed by atoms with Crippen molar-refractivity contribution in [1.82, 2.24) is 0 Å². The van der Waals surface area contributed by atoms with Gasteiger partial charge in [-0.15, -0.1) is 0 Å². The van der Waals surface area contributed by atoms with E-state index in [9.17, 15) is 5.11 Å². The lowest BCUT2D eigenvalue weighted by Crippen LogP contribution is -2.17. The van der Waals surface area contributed by atoms with Crippen molar-refractivity contribution in [2.75, 3.05) is 0 Å². The molecule has 0 heterocycles. The van der Waals surface area contributed by atoms with Crippen LogP contribution in [0.15, 0.2) is 48.5 Å². The van der Waals surface area contributed by atoms with Gasteiger partial charge in [0.15, 0.2) is 0 Å². The van der Waals surface area contributed by atoms with E-state index in [0.29, 0.717) is 5.92 Å². The van der Waals surface area contributed by atoms with Crippen molar-refractivity contribution >= 4 is 0 Å². The molecule has 1 aliphatic rings. The molecule has 17 heavy (non-hydrogen) atoms. The van der Waals surface area contributed by atoms with Gasteiger partial charge in [0.1, 0.15) is 6.10 Å². The van der Waals surface area contributed by atoms with Crippen molar-refractivity contribution in [3.63, 3.8) is 0 Å². The minimum atomic E-state index is -0.467. The van der Waals surface area contributed by atoms with Gasteiger partial charge in [0.2, 0.25) is 0 Å². The van der Waals surface area contributed by atoms with E-state index in [-0.39, 0.29) is 0 Å². The van der Waals surface area contributed by atoms with Crippen LogP contribution in [-0.4, -0.2) is 5.11 Å². The molecule has 1 nitrogen and oxygen atoms in total. The Morgan fingerprint density at radius 1 is 0.824 bits per heavy atom. The quantitative estimate of drug-likeness (QED) is 0.784. The number of rotatable bonds is 1. The van der Waals surface area contributed by atoms with Gasteiger partial charge in [-0.25, -0.2) is 0 Å². The van der Waals surface area contributed by atoms with Crippen LogP contribution in [0.5, 0.6) is 0 Å². The topological polar surface area (TPSA) is 20.2 Å². The second-order valence-electron chi connectivity index (χ2n) is 4.62. The van der Waals surface area contributed by atoms with Crippen molar-refractivity contribution in [1.29, 1.82) is 0 Å². The van der Waals surface area contributed by atoms with Gasteiger partial charge in [0.25, 0.3) is 0 Å². The fourth-order valence-electron chi connectivity index (χ4n) is 2.93. The first kappa shape index (κ1) is 10.5. The highest BCUT2D eigenvalue weighted by Gasteiger charge is 2.29. The summed E-state index contributed by atoms with van der Waals surface area (Å²) in [6.07, 6.45) is 0.603. The molecule has 1 heteroatoms. The van der Waals surface area contributed by atoms with Crippen LogP contribution >= 0.6 is 0 Å². The molecule has 0 spiro atoms. The number of fused-ring (bicyclic) bond motifs is 2. The molecule has 0 aromatic heterocycles. The maximum atomic E-state index is 10.4. The van der Waals surface area contributed by atoms with Crippen molar-refractivity contribution in [3.8, 4) is 0 Å². The lowest BCUT2D eigenvalue weighted by Gasteiger charge is -2.31. The number of hydrogen-bond acceptors (Lipinski definition) is 1. The van der Waals surface area contributed by atoms with E-state index in [1.54, 1.807) is 0 Å². The molecule has 0 saturated heterocycles. The summed E-state index contributed by atoms with van der Waals surface area (Å²) in [5.74, 6) is 0.422. The first-order chi connectivity index (χ1) is 8.33. The van der Waals surface area contributed by atoms with E-state index < -0.39 is 6.10 Å². The van der Waals surface area contributed by atoms with Gasteiger partial charge in [-0.3, -0.25) is 0 Å². The molecule has 0 aliphatic heterocycles. The number of aliphatic hydroxyl groups excluding tert-OH is 1. The van der Waals surface area contributed by atoms with Crippen molar-refractivity contribution < 1.29 is 5.11 Å². The van der Waals surface area contributed by atoms with Crippen LogP contribution in [0, 0.1) is 0 Å². The molecule has 0 amide bonds. The summed E-state index contributed by atoms with van der Waals surface area (Å²) in [5, 5.41) is 10.4. The maximum absolute atomic E-state index is 10.4. The molecule has 0 atom stereocenters. The normalized spacial score (nSPS) is 21.8. The van der Waals surface area contributed by atoms with Gasteiger partial charge >= 0.3 is 0 Å². The molecule has 0 bridgehead atoms. The number of aliphatic hydroxyl groups is 1. The summed E-state index contributed by atoms with van der Waals surface area (Å²) in [6, 6.07) is 16.5. The Hall–Kier alpha value is -1.60. The smallest absolute Gasteiger partial charge is 0.105 e. The van der Waals surface area contributed by atoms with Crippen LogP contribution in [0.4, 0.5) is 0 Å². The first-order valence-electron chi connectivity index (χ1n) is 6.18. The first-order valence-corrected chi connectivity index (χ1v) is 6.18. The summed E-state index contributed by atoms with van der Waals surface area (Å²) >= 11 is 0. The molecule has 3 rings (SSSR count). The highest BCUT2D eigenvalue weighted by molar-refractivity contribution is 5.51. The average Bonchev–Trinajstić information content (AvgIpc) is 2.40. The van der Waals surface area contributed by atoms with Gasteiger partial charge in [0, 0.05) is 5.92 Å². The molecular formula is C16H16O. The summed E-state index contributed by atoms with van der Waals surface area (Å²) in [7, 11) is 0. The Bertz CT molecular complexity index is 497. The Labute approximate surface area is 102 Å². The van der Waals surface area contributed by atoms with Gasteiger partial charge in [-0.1, -0.05) is 55.5 Å². The zero-order valence-electron chi connectivity index (χ0n) is 9.93. The molecule has 1 N–H and O–H groups in total.